The predicted molar refractivity (Wildman–Crippen MR) is 67.8 cm³/mol. The van der Waals surface area contributed by atoms with Gasteiger partial charge in [-0.15, -0.1) is 0 Å². The maximum Gasteiger partial charge on any atom is 0.0387 e. The van der Waals surface area contributed by atoms with Crippen molar-refractivity contribution in [2.24, 2.45) is 5.73 Å². The second-order valence-electron chi connectivity index (χ2n) is 3.51. The van der Waals surface area contributed by atoms with Crippen molar-refractivity contribution in [3.63, 3.8) is 0 Å². The highest BCUT2D eigenvalue weighted by molar-refractivity contribution is 6.57. The van der Waals surface area contributed by atoms with Crippen molar-refractivity contribution < 1.29 is 0 Å². The molecule has 0 aliphatic heterocycles. The molecule has 1 aromatic carbocycles. The Hall–Kier alpha value is -0.169. The molecule has 0 aromatic heterocycles. The van der Waals surface area contributed by atoms with E-state index in [9.17, 15) is 0 Å². The number of benzene rings is 1. The molecule has 1 aromatic rings. The smallest absolute Gasteiger partial charge is 0.0387 e. The molecule has 4 heteroatoms. The molecule has 0 spiro atoms. The van der Waals surface area contributed by atoms with E-state index in [4.69, 9.17) is 5.73 Å². The molecule has 0 aliphatic rings. The summed E-state index contributed by atoms with van der Waals surface area (Å²) in [5, 5.41) is 4.78. The molecule has 0 saturated carbocycles. The number of hydrogen-bond acceptors (Lipinski definition) is 1. The topological polar surface area (TPSA) is 26.0 Å². The zero-order valence-electron chi connectivity index (χ0n) is 8.31. The predicted octanol–water partition coefficient (Wildman–Crippen LogP) is -4.32. The first-order valence-corrected chi connectivity index (χ1v) is 7.36. The van der Waals surface area contributed by atoms with E-state index in [1.807, 2.05) is 0 Å². The van der Waals surface area contributed by atoms with Crippen LogP contribution in [-0.2, 0) is 0 Å². The van der Waals surface area contributed by atoms with Gasteiger partial charge in [0.15, 0.2) is 0 Å². The molecule has 0 unspecified atom stereocenters. The zero-order valence-corrected chi connectivity index (χ0v) is 14.3. The van der Waals surface area contributed by atoms with Gasteiger partial charge >= 0.3 is 0 Å². The van der Waals surface area contributed by atoms with Crippen molar-refractivity contribution in [2.75, 3.05) is 0 Å². The van der Waals surface area contributed by atoms with E-state index in [1.165, 1.54) is 26.0 Å². The van der Waals surface area contributed by atoms with Crippen molar-refractivity contribution in [3.8, 4) is 0 Å². The molecule has 66 valence electrons. The van der Waals surface area contributed by atoms with Crippen LogP contribution in [0.5, 0.6) is 0 Å². The summed E-state index contributed by atoms with van der Waals surface area (Å²) in [7, 11) is 3.52. The van der Waals surface area contributed by atoms with Crippen LogP contribution in [0.2, 0.25) is 0 Å². The molecule has 0 aliphatic carbocycles. The average Bonchev–Trinajstić information content (AvgIpc) is 2.00. The van der Waals surface area contributed by atoms with Gasteiger partial charge < -0.3 is 5.73 Å². The summed E-state index contributed by atoms with van der Waals surface area (Å²) in [6.07, 6.45) is 0. The Labute approximate surface area is 83.0 Å². The second kappa shape index (κ2) is 3.70. The Morgan fingerprint density at radius 1 is 1.17 bits per heavy atom. The molecule has 1 nitrogen and oxygen atoms in total. The van der Waals surface area contributed by atoms with Gasteiger partial charge in [-0.1, -0.05) is 27.7 Å². The third kappa shape index (κ3) is 1.77. The summed E-state index contributed by atoms with van der Waals surface area (Å²) in [6, 6.07) is 4.69. The maximum absolute atomic E-state index is 5.88. The molecule has 0 saturated heterocycles. The third-order valence-corrected chi connectivity index (χ3v) is 8.54. The molecular formula is C8H17NSi3. The summed E-state index contributed by atoms with van der Waals surface area (Å²) < 4.78 is 0. The summed E-state index contributed by atoms with van der Waals surface area (Å²) in [5.74, 6) is 0. The Morgan fingerprint density at radius 2 is 1.75 bits per heavy atom. The van der Waals surface area contributed by atoms with Crippen molar-refractivity contribution >= 4 is 46.3 Å². The van der Waals surface area contributed by atoms with Gasteiger partial charge in [0.1, 0.15) is 0 Å². The third-order valence-electron chi connectivity index (χ3n) is 2.59. The highest BCUT2D eigenvalue weighted by Crippen LogP contribution is 2.02. The van der Waals surface area contributed by atoms with Gasteiger partial charge in [0.2, 0.25) is 0 Å². The Bertz CT molecular complexity index is 297. The Balaban J connectivity index is 3.27. The van der Waals surface area contributed by atoms with E-state index in [-0.39, 0.29) is 6.04 Å². The maximum atomic E-state index is 5.88. The van der Waals surface area contributed by atoms with Crippen LogP contribution in [0.15, 0.2) is 12.1 Å². The van der Waals surface area contributed by atoms with E-state index in [2.05, 4.69) is 19.1 Å². The van der Waals surface area contributed by atoms with Crippen LogP contribution in [0.3, 0.4) is 0 Å². The second-order valence-corrected chi connectivity index (χ2v) is 6.59. The molecule has 0 heterocycles. The van der Waals surface area contributed by atoms with Crippen LogP contribution < -0.4 is 21.3 Å². The van der Waals surface area contributed by atoms with Crippen LogP contribution in [-0.4, -0.2) is 30.7 Å². The first-order chi connectivity index (χ1) is 5.54. The van der Waals surface area contributed by atoms with Crippen molar-refractivity contribution in [2.45, 2.75) is 13.0 Å². The Morgan fingerprint density at radius 3 is 2.25 bits per heavy atom. The summed E-state index contributed by atoms with van der Waals surface area (Å²) in [6.45, 7) is 2.07. The fourth-order valence-electron chi connectivity index (χ4n) is 1.47. The minimum absolute atomic E-state index is 0.215. The summed E-state index contributed by atoms with van der Waals surface area (Å²) in [4.78, 5) is 0. The minimum atomic E-state index is 0.215. The molecule has 2 N–H and O–H groups in total. The molecule has 0 bridgehead atoms. The van der Waals surface area contributed by atoms with Crippen LogP contribution in [0.4, 0.5) is 0 Å². The van der Waals surface area contributed by atoms with Crippen LogP contribution in [0.25, 0.3) is 0 Å². The standard InChI is InChI=1S/C8H17NSi3/c1-4(9)5-2-3-6(10)8(12)7(5)11/h2-4H,9H2,1,10-12H3/t4-/m1/s1. The summed E-state index contributed by atoms with van der Waals surface area (Å²) in [5.41, 5.74) is 7.26. The molecule has 0 radical (unpaired) electrons. The average molecular weight is 211 g/mol. The van der Waals surface area contributed by atoms with E-state index in [0.29, 0.717) is 0 Å². The monoisotopic (exact) mass is 211 g/mol. The van der Waals surface area contributed by atoms with Gasteiger partial charge in [0.05, 0.1) is 0 Å². The van der Waals surface area contributed by atoms with Gasteiger partial charge in [0.25, 0.3) is 0 Å². The van der Waals surface area contributed by atoms with Crippen molar-refractivity contribution in [1.82, 2.24) is 0 Å². The lowest BCUT2D eigenvalue weighted by Gasteiger charge is -2.14. The van der Waals surface area contributed by atoms with Gasteiger partial charge in [0, 0.05) is 36.8 Å². The first kappa shape index (κ1) is 9.92. The molecule has 1 rings (SSSR count). The van der Waals surface area contributed by atoms with Crippen molar-refractivity contribution in [3.05, 3.63) is 17.7 Å². The SMILES string of the molecule is C[C@@H](N)c1ccc([SiH3])c([SiH3])c1[SiH3]. The normalized spacial score (nSPS) is 13.8. The van der Waals surface area contributed by atoms with Crippen LogP contribution in [0.1, 0.15) is 18.5 Å². The van der Waals surface area contributed by atoms with Gasteiger partial charge in [-0.2, -0.15) is 0 Å². The Kier molecular flexibility index (Phi) is 3.05. The van der Waals surface area contributed by atoms with Crippen molar-refractivity contribution in [1.29, 1.82) is 0 Å². The van der Waals surface area contributed by atoms with Gasteiger partial charge in [-0.3, -0.25) is 0 Å². The molecule has 0 fully saturated rings. The highest BCUT2D eigenvalue weighted by Gasteiger charge is 2.05. The molecule has 1 atom stereocenters. The van der Waals surface area contributed by atoms with E-state index in [1.54, 1.807) is 15.6 Å². The quantitative estimate of drug-likeness (QED) is 0.467. The zero-order chi connectivity index (χ0) is 9.30. The number of hydrogen-bond donors (Lipinski definition) is 1. The van der Waals surface area contributed by atoms with E-state index in [0.717, 1.165) is 10.2 Å². The number of rotatable bonds is 1. The van der Waals surface area contributed by atoms with Crippen LogP contribution >= 0.6 is 0 Å². The van der Waals surface area contributed by atoms with Gasteiger partial charge in [-0.05, 0) is 12.5 Å². The lowest BCUT2D eigenvalue weighted by molar-refractivity contribution is 0.825. The number of nitrogens with two attached hydrogens (primary N) is 1. The largest absolute Gasteiger partial charge is 0.324 e. The molecular weight excluding hydrogens is 194 g/mol. The molecule has 12 heavy (non-hydrogen) atoms. The first-order valence-electron chi connectivity index (χ1n) is 4.36. The lowest BCUT2D eigenvalue weighted by Crippen LogP contribution is -2.41. The fraction of sp³-hybridized carbons (Fsp3) is 0.250. The lowest BCUT2D eigenvalue weighted by atomic mass is 10.1. The fourth-order valence-corrected chi connectivity index (χ4v) is 3.98. The van der Waals surface area contributed by atoms with Crippen LogP contribution in [0, 0.1) is 0 Å². The highest BCUT2D eigenvalue weighted by atomic mass is 28.2. The molecule has 0 amide bonds. The minimum Gasteiger partial charge on any atom is -0.324 e. The van der Waals surface area contributed by atoms with E-state index < -0.39 is 0 Å². The summed E-state index contributed by atoms with van der Waals surface area (Å²) >= 11 is 0. The van der Waals surface area contributed by atoms with Gasteiger partial charge in [-0.25, -0.2) is 0 Å². The van der Waals surface area contributed by atoms with E-state index >= 15 is 0 Å².